The largest absolute Gasteiger partial charge is 0.371 e. The molecule has 0 unspecified atom stereocenters. The van der Waals surface area contributed by atoms with E-state index >= 15 is 0 Å². The van der Waals surface area contributed by atoms with Crippen LogP contribution in [0, 0.1) is 5.92 Å². The Labute approximate surface area is 111 Å². The SMILES string of the molecule is CCCNc1cc(N(CC)CC2CCC2)ccn1. The average molecular weight is 247 g/mol. The lowest BCUT2D eigenvalue weighted by atomic mass is 9.85. The number of hydrogen-bond donors (Lipinski definition) is 1. The molecule has 0 aromatic carbocycles. The van der Waals surface area contributed by atoms with Crippen molar-refractivity contribution < 1.29 is 0 Å². The number of pyridine rings is 1. The molecule has 0 bridgehead atoms. The molecule has 0 atom stereocenters. The fraction of sp³-hybridized carbons (Fsp3) is 0.667. The molecule has 1 N–H and O–H groups in total. The third-order valence-corrected chi connectivity index (χ3v) is 3.75. The Hall–Kier alpha value is -1.25. The Balaban J connectivity index is 1.99. The van der Waals surface area contributed by atoms with Gasteiger partial charge in [0.1, 0.15) is 5.82 Å². The van der Waals surface area contributed by atoms with Gasteiger partial charge in [-0.3, -0.25) is 0 Å². The molecular formula is C15H25N3. The summed E-state index contributed by atoms with van der Waals surface area (Å²) in [5, 5.41) is 3.36. The van der Waals surface area contributed by atoms with E-state index < -0.39 is 0 Å². The number of anilines is 2. The summed E-state index contributed by atoms with van der Waals surface area (Å²) in [4.78, 5) is 6.84. The van der Waals surface area contributed by atoms with E-state index in [1.807, 2.05) is 6.20 Å². The normalized spacial score (nSPS) is 15.2. The first-order chi connectivity index (χ1) is 8.83. The molecular weight excluding hydrogens is 222 g/mol. The summed E-state index contributed by atoms with van der Waals surface area (Å²) in [6.45, 7) is 7.68. The lowest BCUT2D eigenvalue weighted by molar-refractivity contribution is 0.318. The Morgan fingerprint density at radius 3 is 2.83 bits per heavy atom. The summed E-state index contributed by atoms with van der Waals surface area (Å²) in [5.41, 5.74) is 1.30. The maximum Gasteiger partial charge on any atom is 0.127 e. The molecule has 2 rings (SSSR count). The zero-order valence-electron chi connectivity index (χ0n) is 11.7. The van der Waals surface area contributed by atoms with Gasteiger partial charge < -0.3 is 10.2 Å². The Bertz CT molecular complexity index is 361. The van der Waals surface area contributed by atoms with Crippen LogP contribution in [0.4, 0.5) is 11.5 Å². The summed E-state index contributed by atoms with van der Waals surface area (Å²) in [6, 6.07) is 4.30. The number of nitrogens with zero attached hydrogens (tertiary/aromatic N) is 2. The van der Waals surface area contributed by atoms with Gasteiger partial charge in [-0.1, -0.05) is 13.3 Å². The molecule has 1 aliphatic rings. The fourth-order valence-electron chi connectivity index (χ4n) is 2.37. The van der Waals surface area contributed by atoms with E-state index in [9.17, 15) is 0 Å². The third-order valence-electron chi connectivity index (χ3n) is 3.75. The standard InChI is InChI=1S/C15H25N3/c1-3-9-16-15-11-14(8-10-17-15)18(4-2)12-13-6-5-7-13/h8,10-11,13H,3-7,9,12H2,1-2H3,(H,16,17). The van der Waals surface area contributed by atoms with Crippen LogP contribution in [-0.2, 0) is 0 Å². The van der Waals surface area contributed by atoms with Gasteiger partial charge in [-0.15, -0.1) is 0 Å². The lowest BCUT2D eigenvalue weighted by Gasteiger charge is -2.33. The van der Waals surface area contributed by atoms with E-state index in [4.69, 9.17) is 0 Å². The molecule has 1 saturated carbocycles. The highest BCUT2D eigenvalue weighted by atomic mass is 15.1. The molecule has 1 aromatic rings. The Morgan fingerprint density at radius 1 is 1.39 bits per heavy atom. The predicted molar refractivity (Wildman–Crippen MR) is 78.2 cm³/mol. The summed E-state index contributed by atoms with van der Waals surface area (Å²) in [7, 11) is 0. The van der Waals surface area contributed by atoms with Gasteiger partial charge in [0, 0.05) is 37.6 Å². The van der Waals surface area contributed by atoms with Crippen molar-refractivity contribution in [2.45, 2.75) is 39.5 Å². The van der Waals surface area contributed by atoms with Crippen molar-refractivity contribution >= 4 is 11.5 Å². The van der Waals surface area contributed by atoms with Crippen LogP contribution >= 0.6 is 0 Å². The van der Waals surface area contributed by atoms with Crippen LogP contribution in [-0.4, -0.2) is 24.6 Å². The topological polar surface area (TPSA) is 28.2 Å². The molecule has 3 heteroatoms. The number of nitrogens with one attached hydrogen (secondary N) is 1. The molecule has 0 saturated heterocycles. The van der Waals surface area contributed by atoms with Crippen molar-refractivity contribution in [1.82, 2.24) is 4.98 Å². The van der Waals surface area contributed by atoms with Crippen LogP contribution in [0.2, 0.25) is 0 Å². The van der Waals surface area contributed by atoms with Crippen LogP contribution in [0.1, 0.15) is 39.5 Å². The van der Waals surface area contributed by atoms with Crippen LogP contribution in [0.25, 0.3) is 0 Å². The minimum Gasteiger partial charge on any atom is -0.371 e. The van der Waals surface area contributed by atoms with Crippen LogP contribution in [0.15, 0.2) is 18.3 Å². The van der Waals surface area contributed by atoms with Gasteiger partial charge in [-0.05, 0) is 38.2 Å². The molecule has 100 valence electrons. The Morgan fingerprint density at radius 2 is 2.22 bits per heavy atom. The van der Waals surface area contributed by atoms with Gasteiger partial charge in [0.25, 0.3) is 0 Å². The van der Waals surface area contributed by atoms with Gasteiger partial charge in [0.15, 0.2) is 0 Å². The molecule has 3 nitrogen and oxygen atoms in total. The first-order valence-electron chi connectivity index (χ1n) is 7.28. The third kappa shape index (κ3) is 3.37. The summed E-state index contributed by atoms with van der Waals surface area (Å²) < 4.78 is 0. The van der Waals surface area contributed by atoms with Crippen molar-refractivity contribution in [1.29, 1.82) is 0 Å². The average Bonchev–Trinajstić information content (AvgIpc) is 2.36. The highest BCUT2D eigenvalue weighted by Crippen LogP contribution is 2.29. The highest BCUT2D eigenvalue weighted by molar-refractivity contribution is 5.53. The van der Waals surface area contributed by atoms with E-state index in [0.29, 0.717) is 0 Å². The minimum atomic E-state index is 0.908. The van der Waals surface area contributed by atoms with Crippen molar-refractivity contribution in [2.24, 2.45) is 5.92 Å². The summed E-state index contributed by atoms with van der Waals surface area (Å²) in [5.74, 6) is 1.91. The summed E-state index contributed by atoms with van der Waals surface area (Å²) in [6.07, 6.45) is 7.27. The Kier molecular flexibility index (Phi) is 4.85. The molecule has 0 spiro atoms. The zero-order chi connectivity index (χ0) is 12.8. The maximum atomic E-state index is 4.37. The minimum absolute atomic E-state index is 0.908. The summed E-state index contributed by atoms with van der Waals surface area (Å²) >= 11 is 0. The number of aromatic nitrogens is 1. The predicted octanol–water partition coefficient (Wildman–Crippen LogP) is 3.53. The highest BCUT2D eigenvalue weighted by Gasteiger charge is 2.20. The van der Waals surface area contributed by atoms with E-state index in [2.05, 4.69) is 41.2 Å². The van der Waals surface area contributed by atoms with Crippen LogP contribution < -0.4 is 10.2 Å². The lowest BCUT2D eigenvalue weighted by Crippen LogP contribution is -2.32. The van der Waals surface area contributed by atoms with Crippen molar-refractivity contribution in [3.63, 3.8) is 0 Å². The quantitative estimate of drug-likeness (QED) is 0.799. The zero-order valence-corrected chi connectivity index (χ0v) is 11.7. The monoisotopic (exact) mass is 247 g/mol. The van der Waals surface area contributed by atoms with E-state index in [-0.39, 0.29) is 0 Å². The van der Waals surface area contributed by atoms with Crippen LogP contribution in [0.3, 0.4) is 0 Å². The van der Waals surface area contributed by atoms with Gasteiger partial charge in [-0.2, -0.15) is 0 Å². The van der Waals surface area contributed by atoms with Crippen molar-refractivity contribution in [3.8, 4) is 0 Å². The molecule has 1 aliphatic carbocycles. The van der Waals surface area contributed by atoms with Gasteiger partial charge in [-0.25, -0.2) is 4.98 Å². The van der Waals surface area contributed by atoms with E-state index in [1.165, 1.54) is 31.5 Å². The number of hydrogen-bond acceptors (Lipinski definition) is 3. The van der Waals surface area contributed by atoms with Gasteiger partial charge in [0.2, 0.25) is 0 Å². The second-order valence-electron chi connectivity index (χ2n) is 5.16. The van der Waals surface area contributed by atoms with Crippen LogP contribution in [0.5, 0.6) is 0 Å². The number of rotatable bonds is 7. The van der Waals surface area contributed by atoms with Gasteiger partial charge >= 0.3 is 0 Å². The second kappa shape index (κ2) is 6.62. The van der Waals surface area contributed by atoms with E-state index in [1.54, 1.807) is 0 Å². The smallest absolute Gasteiger partial charge is 0.127 e. The van der Waals surface area contributed by atoms with Crippen molar-refractivity contribution in [3.05, 3.63) is 18.3 Å². The molecule has 0 aliphatic heterocycles. The first-order valence-corrected chi connectivity index (χ1v) is 7.28. The maximum absolute atomic E-state index is 4.37. The molecule has 1 heterocycles. The second-order valence-corrected chi connectivity index (χ2v) is 5.16. The van der Waals surface area contributed by atoms with E-state index in [0.717, 1.165) is 31.2 Å². The molecule has 1 aromatic heterocycles. The molecule has 0 amide bonds. The fourth-order valence-corrected chi connectivity index (χ4v) is 2.37. The molecule has 18 heavy (non-hydrogen) atoms. The van der Waals surface area contributed by atoms with Crippen molar-refractivity contribution in [2.75, 3.05) is 29.9 Å². The molecule has 1 fully saturated rings. The first kappa shape index (κ1) is 13.2. The van der Waals surface area contributed by atoms with Gasteiger partial charge in [0.05, 0.1) is 0 Å². The molecule has 0 radical (unpaired) electrons.